The summed E-state index contributed by atoms with van der Waals surface area (Å²) in [5.41, 5.74) is 0. The maximum absolute atomic E-state index is 8.92. The fourth-order valence-electron chi connectivity index (χ4n) is 0.429. The van der Waals surface area contributed by atoms with E-state index in [0.29, 0.717) is 5.75 Å². The summed E-state index contributed by atoms with van der Waals surface area (Å²) in [4.78, 5) is 0. The summed E-state index contributed by atoms with van der Waals surface area (Å²) in [6, 6.07) is 0. The van der Waals surface area contributed by atoms with Crippen molar-refractivity contribution in [2.24, 2.45) is 11.8 Å². The van der Waals surface area contributed by atoms with Gasteiger partial charge in [0.1, 0.15) is 0 Å². The molecule has 2 nitrogen and oxygen atoms in total. The smallest absolute Gasteiger partial charge is 0.210 e. The van der Waals surface area contributed by atoms with Gasteiger partial charge in [-0.25, -0.2) is 0 Å². The summed E-state index contributed by atoms with van der Waals surface area (Å²) < 4.78 is 0. The van der Waals surface area contributed by atoms with Crippen LogP contribution in [-0.2, 0) is 0 Å². The molecule has 0 bridgehead atoms. The predicted octanol–water partition coefficient (Wildman–Crippen LogP) is 1.30. The van der Waals surface area contributed by atoms with Crippen LogP contribution in [0, 0.1) is 25.7 Å². The van der Waals surface area contributed by atoms with E-state index in [-0.39, 0.29) is 11.8 Å². The molecule has 0 fully saturated rings. The molecule has 2 atom stereocenters. The highest BCUT2D eigenvalue weighted by Crippen LogP contribution is 2.23. The van der Waals surface area contributed by atoms with Gasteiger partial charge in [0.05, 0.1) is 0 Å². The van der Waals surface area contributed by atoms with Crippen LogP contribution < -0.4 is 0 Å². The molecule has 2 radical (unpaired) electrons. The third kappa shape index (κ3) is 6.66. The van der Waals surface area contributed by atoms with Crippen molar-refractivity contribution >= 4 is 11.8 Å². The maximum Gasteiger partial charge on any atom is 0.210 e. The Morgan fingerprint density at radius 2 is 1.91 bits per heavy atom. The van der Waals surface area contributed by atoms with Crippen LogP contribution >= 0.6 is 11.8 Å². The highest BCUT2D eigenvalue weighted by atomic mass is 32.2. The van der Waals surface area contributed by atoms with Crippen molar-refractivity contribution in [1.29, 1.82) is 0 Å². The Hall–Kier alpha value is 0.270. The molecule has 0 heterocycles. The molecule has 0 spiro atoms. The van der Waals surface area contributed by atoms with Crippen molar-refractivity contribution in [2.45, 2.75) is 19.0 Å². The van der Waals surface area contributed by atoms with Gasteiger partial charge < -0.3 is 10.2 Å². The lowest BCUT2D eigenvalue weighted by Crippen LogP contribution is -2.20. The second-order valence-electron chi connectivity index (χ2n) is 2.98. The lowest BCUT2D eigenvalue weighted by Gasteiger charge is -2.20. The molecule has 0 aliphatic heterocycles. The van der Waals surface area contributed by atoms with Gasteiger partial charge in [0.25, 0.3) is 0 Å². The van der Waals surface area contributed by atoms with Gasteiger partial charge in [-0.15, -0.1) is 0 Å². The van der Waals surface area contributed by atoms with Gasteiger partial charge in [0.15, 0.2) is 0 Å². The first-order valence-corrected chi connectivity index (χ1v) is 4.56. The average molecular weight is 176 g/mol. The lowest BCUT2D eigenvalue weighted by atomic mass is 10.0. The average Bonchev–Trinajstić information content (AvgIpc) is 1.80. The Morgan fingerprint density at radius 1 is 1.45 bits per heavy atom. The van der Waals surface area contributed by atoms with Crippen LogP contribution in [0.25, 0.3) is 0 Å². The zero-order valence-electron chi connectivity index (χ0n) is 7.08. The summed E-state index contributed by atoms with van der Waals surface area (Å²) in [7, 11) is 0. The minimum atomic E-state index is -1.63. The first-order chi connectivity index (χ1) is 4.83. The maximum atomic E-state index is 8.92. The van der Waals surface area contributed by atoms with E-state index in [9.17, 15) is 0 Å². The Balaban J connectivity index is 3.54. The largest absolute Gasteiger partial charge is 0.357 e. The summed E-state index contributed by atoms with van der Waals surface area (Å²) >= 11 is 1.08. The molecule has 0 aromatic rings. The number of hydrogen-bond acceptors (Lipinski definition) is 3. The molecule has 0 aromatic heterocycles. The molecule has 0 rings (SSSR count). The molecule has 0 aliphatic rings. The van der Waals surface area contributed by atoms with Gasteiger partial charge in [-0.1, -0.05) is 25.6 Å². The summed E-state index contributed by atoms with van der Waals surface area (Å²) in [6.07, 6.45) is 0. The van der Waals surface area contributed by atoms with Gasteiger partial charge >= 0.3 is 0 Å². The fourth-order valence-corrected chi connectivity index (χ4v) is 1.29. The van der Waals surface area contributed by atoms with Crippen LogP contribution in [-0.4, -0.2) is 21.1 Å². The molecule has 0 saturated heterocycles. The zero-order chi connectivity index (χ0) is 9.07. The Bertz CT molecular complexity index is 107. The molecule has 0 aliphatic carbocycles. The molecule has 11 heavy (non-hydrogen) atoms. The van der Waals surface area contributed by atoms with E-state index in [1.807, 2.05) is 6.92 Å². The van der Waals surface area contributed by atoms with Gasteiger partial charge in [-0.3, -0.25) is 0 Å². The number of rotatable bonds is 4. The van der Waals surface area contributed by atoms with Crippen LogP contribution in [0.15, 0.2) is 0 Å². The Labute approximate surface area is 73.0 Å². The van der Waals surface area contributed by atoms with Crippen molar-refractivity contribution in [3.63, 3.8) is 0 Å². The summed E-state index contributed by atoms with van der Waals surface area (Å²) in [5.74, 6) is 1.03. The topological polar surface area (TPSA) is 40.5 Å². The van der Waals surface area contributed by atoms with Crippen LogP contribution in [0.1, 0.15) is 13.8 Å². The summed E-state index contributed by atoms with van der Waals surface area (Å²) in [5, 5.41) is 16.2. The minimum absolute atomic E-state index is 0.165. The molecule has 3 heteroatoms. The standard InChI is InChI=1S/C8H16O2S/c1-6(2)7(3)5-11-8(4,9)10/h6-7,9-10H,1,3,5H2,2,4H3. The van der Waals surface area contributed by atoms with Gasteiger partial charge in [-0.2, -0.15) is 0 Å². The van der Waals surface area contributed by atoms with Gasteiger partial charge in [0, 0.05) is 5.75 Å². The third-order valence-corrected chi connectivity index (χ3v) is 2.52. The lowest BCUT2D eigenvalue weighted by molar-refractivity contribution is -0.0590. The van der Waals surface area contributed by atoms with E-state index >= 15 is 0 Å². The van der Waals surface area contributed by atoms with Crippen LogP contribution in [0.4, 0.5) is 0 Å². The van der Waals surface area contributed by atoms with Crippen molar-refractivity contribution in [3.05, 3.63) is 13.8 Å². The van der Waals surface area contributed by atoms with Gasteiger partial charge in [-0.05, 0) is 25.7 Å². The van der Waals surface area contributed by atoms with E-state index in [1.54, 1.807) is 0 Å². The normalized spacial score (nSPS) is 15.5. The highest BCUT2D eigenvalue weighted by molar-refractivity contribution is 8.00. The first kappa shape index (κ1) is 11.3. The molecule has 2 N–H and O–H groups in total. The molecular formula is C8H16O2S. The van der Waals surface area contributed by atoms with E-state index in [1.165, 1.54) is 6.92 Å². The van der Waals surface area contributed by atoms with Crippen molar-refractivity contribution in [1.82, 2.24) is 0 Å². The number of thioether (sulfide) groups is 1. The second-order valence-corrected chi connectivity index (χ2v) is 4.38. The zero-order valence-corrected chi connectivity index (χ0v) is 7.90. The first-order valence-electron chi connectivity index (χ1n) is 3.58. The van der Waals surface area contributed by atoms with E-state index in [4.69, 9.17) is 10.2 Å². The van der Waals surface area contributed by atoms with Crippen molar-refractivity contribution in [3.8, 4) is 0 Å². The molecule has 66 valence electrons. The van der Waals surface area contributed by atoms with E-state index in [2.05, 4.69) is 13.8 Å². The van der Waals surface area contributed by atoms with Crippen LogP contribution in [0.3, 0.4) is 0 Å². The van der Waals surface area contributed by atoms with E-state index < -0.39 is 5.12 Å². The van der Waals surface area contributed by atoms with Crippen molar-refractivity contribution < 1.29 is 10.2 Å². The number of aliphatic hydroxyl groups is 2. The Morgan fingerprint density at radius 3 is 2.18 bits per heavy atom. The fraction of sp³-hybridized carbons (Fsp3) is 0.750. The monoisotopic (exact) mass is 176 g/mol. The van der Waals surface area contributed by atoms with Crippen LogP contribution in [0.2, 0.25) is 0 Å². The predicted molar refractivity (Wildman–Crippen MR) is 48.7 cm³/mol. The van der Waals surface area contributed by atoms with Crippen LogP contribution in [0.5, 0.6) is 0 Å². The quantitative estimate of drug-likeness (QED) is 0.634. The molecule has 0 aromatic carbocycles. The second kappa shape index (κ2) is 4.33. The number of hydrogen-bond donors (Lipinski definition) is 2. The molecule has 0 amide bonds. The van der Waals surface area contributed by atoms with E-state index in [0.717, 1.165) is 11.8 Å². The third-order valence-electron chi connectivity index (χ3n) is 1.38. The summed E-state index contributed by atoms with van der Waals surface area (Å²) in [6.45, 7) is 10.9. The molecular weight excluding hydrogens is 160 g/mol. The molecule has 2 unspecified atom stereocenters. The Kier molecular flexibility index (Phi) is 4.44. The molecule has 0 saturated carbocycles. The highest BCUT2D eigenvalue weighted by Gasteiger charge is 2.18. The SMILES string of the molecule is [CH2]C(C)C([CH2])CSC(C)(O)O. The van der Waals surface area contributed by atoms with Crippen molar-refractivity contribution in [2.75, 3.05) is 5.75 Å². The minimum Gasteiger partial charge on any atom is -0.357 e. The van der Waals surface area contributed by atoms with Gasteiger partial charge in [0.2, 0.25) is 5.12 Å².